The Labute approximate surface area is 112 Å². The van der Waals surface area contributed by atoms with Gasteiger partial charge in [0, 0.05) is 4.43 Å². The molecule has 5 heteroatoms. The summed E-state index contributed by atoms with van der Waals surface area (Å²) >= 11 is 2.12. The molecule has 1 aromatic carbocycles. The van der Waals surface area contributed by atoms with Crippen molar-refractivity contribution in [2.45, 2.75) is 25.6 Å². The smallest absolute Gasteiger partial charge is 0.372 e. The fourth-order valence-electron chi connectivity index (χ4n) is 1.33. The number of rotatable bonds is 5. The van der Waals surface area contributed by atoms with Crippen molar-refractivity contribution in [2.24, 2.45) is 0 Å². The standard InChI is InChI=1S/C12H14F3IO/c1-9-2-4-10(5-3-9)11(8-16)17-7-6-12(13,14)15/h2-5,11H,6-8H2,1H3. The van der Waals surface area contributed by atoms with E-state index in [2.05, 4.69) is 22.6 Å². The fourth-order valence-corrected chi connectivity index (χ4v) is 2.09. The second-order valence-corrected chi connectivity index (χ2v) is 4.67. The highest BCUT2D eigenvalue weighted by atomic mass is 127. The first-order valence-electron chi connectivity index (χ1n) is 5.23. The van der Waals surface area contributed by atoms with Crippen LogP contribution < -0.4 is 0 Å². The molecule has 0 aliphatic rings. The molecular formula is C12H14F3IO. The average molecular weight is 358 g/mol. The van der Waals surface area contributed by atoms with Gasteiger partial charge in [0.05, 0.1) is 19.1 Å². The van der Waals surface area contributed by atoms with Crippen LogP contribution in [0.2, 0.25) is 0 Å². The van der Waals surface area contributed by atoms with Gasteiger partial charge in [-0.05, 0) is 12.5 Å². The summed E-state index contributed by atoms with van der Waals surface area (Å²) in [4.78, 5) is 0. The van der Waals surface area contributed by atoms with Crippen LogP contribution in [0.25, 0.3) is 0 Å². The number of benzene rings is 1. The van der Waals surface area contributed by atoms with Crippen LogP contribution in [-0.2, 0) is 4.74 Å². The number of aryl methyl sites for hydroxylation is 1. The van der Waals surface area contributed by atoms with Crippen molar-refractivity contribution in [3.8, 4) is 0 Å². The minimum atomic E-state index is -4.15. The molecule has 1 nitrogen and oxygen atoms in total. The highest BCUT2D eigenvalue weighted by Gasteiger charge is 2.27. The monoisotopic (exact) mass is 358 g/mol. The molecule has 0 saturated heterocycles. The van der Waals surface area contributed by atoms with Gasteiger partial charge >= 0.3 is 6.18 Å². The molecule has 0 heterocycles. The summed E-state index contributed by atoms with van der Waals surface area (Å²) in [5.41, 5.74) is 2.04. The van der Waals surface area contributed by atoms with Crippen LogP contribution in [0.4, 0.5) is 13.2 Å². The summed E-state index contributed by atoms with van der Waals surface area (Å²) in [5.74, 6) is 0. The van der Waals surface area contributed by atoms with E-state index in [0.29, 0.717) is 4.43 Å². The van der Waals surface area contributed by atoms with E-state index in [1.807, 2.05) is 31.2 Å². The molecule has 1 unspecified atom stereocenters. The lowest BCUT2D eigenvalue weighted by Gasteiger charge is -2.16. The second-order valence-electron chi connectivity index (χ2n) is 3.79. The van der Waals surface area contributed by atoms with E-state index < -0.39 is 12.6 Å². The zero-order valence-electron chi connectivity index (χ0n) is 9.43. The van der Waals surface area contributed by atoms with Crippen LogP contribution in [0, 0.1) is 6.92 Å². The van der Waals surface area contributed by atoms with Gasteiger partial charge in [0.15, 0.2) is 0 Å². The summed E-state index contributed by atoms with van der Waals surface area (Å²) < 4.78 is 41.9. The zero-order chi connectivity index (χ0) is 12.9. The molecule has 0 amide bonds. The number of hydrogen-bond acceptors (Lipinski definition) is 1. The molecule has 1 aromatic rings. The third-order valence-electron chi connectivity index (χ3n) is 2.29. The van der Waals surface area contributed by atoms with Gasteiger partial charge in [-0.3, -0.25) is 0 Å². The molecule has 96 valence electrons. The SMILES string of the molecule is Cc1ccc(C(CI)OCCC(F)(F)F)cc1. The average Bonchev–Trinajstić information content (AvgIpc) is 2.24. The topological polar surface area (TPSA) is 9.23 Å². The van der Waals surface area contributed by atoms with Gasteiger partial charge in [0.2, 0.25) is 0 Å². The molecule has 0 aromatic heterocycles. The van der Waals surface area contributed by atoms with Gasteiger partial charge in [-0.2, -0.15) is 13.2 Å². The van der Waals surface area contributed by atoms with E-state index >= 15 is 0 Å². The minimum absolute atomic E-state index is 0.265. The quantitative estimate of drug-likeness (QED) is 0.559. The first kappa shape index (κ1) is 14.8. The van der Waals surface area contributed by atoms with Crippen LogP contribution in [0.15, 0.2) is 24.3 Å². The third-order valence-corrected chi connectivity index (χ3v) is 3.09. The van der Waals surface area contributed by atoms with Crippen molar-refractivity contribution in [1.29, 1.82) is 0 Å². The van der Waals surface area contributed by atoms with Gasteiger partial charge in [-0.1, -0.05) is 52.4 Å². The molecular weight excluding hydrogens is 344 g/mol. The molecule has 0 spiro atoms. The molecule has 0 aliphatic heterocycles. The molecule has 0 fully saturated rings. The van der Waals surface area contributed by atoms with E-state index in [4.69, 9.17) is 4.74 Å². The van der Waals surface area contributed by atoms with Crippen molar-refractivity contribution < 1.29 is 17.9 Å². The molecule has 1 rings (SSSR count). The Morgan fingerprint density at radius 2 is 1.82 bits per heavy atom. The Hall–Kier alpha value is -0.300. The Kier molecular flexibility index (Phi) is 5.72. The molecule has 0 N–H and O–H groups in total. The fraction of sp³-hybridized carbons (Fsp3) is 0.500. The van der Waals surface area contributed by atoms with Crippen LogP contribution >= 0.6 is 22.6 Å². The Morgan fingerprint density at radius 3 is 2.29 bits per heavy atom. The molecule has 0 aliphatic carbocycles. The van der Waals surface area contributed by atoms with E-state index in [9.17, 15) is 13.2 Å². The maximum atomic E-state index is 12.0. The third kappa shape index (κ3) is 5.72. The summed E-state index contributed by atoms with van der Waals surface area (Å²) in [5, 5.41) is 0. The van der Waals surface area contributed by atoms with Crippen molar-refractivity contribution in [2.75, 3.05) is 11.0 Å². The highest BCUT2D eigenvalue weighted by molar-refractivity contribution is 14.1. The molecule has 0 bridgehead atoms. The predicted molar refractivity (Wildman–Crippen MR) is 69.4 cm³/mol. The largest absolute Gasteiger partial charge is 0.391 e. The summed E-state index contributed by atoms with van der Waals surface area (Å²) in [6, 6.07) is 7.65. The number of alkyl halides is 4. The van der Waals surface area contributed by atoms with Gasteiger partial charge in [0.1, 0.15) is 0 Å². The maximum Gasteiger partial charge on any atom is 0.391 e. The maximum absolute atomic E-state index is 12.0. The summed E-state index contributed by atoms with van der Waals surface area (Å²) in [7, 11) is 0. The first-order chi connectivity index (χ1) is 7.92. The van der Waals surface area contributed by atoms with Crippen LogP contribution in [-0.4, -0.2) is 17.2 Å². The van der Waals surface area contributed by atoms with Crippen LogP contribution in [0.3, 0.4) is 0 Å². The van der Waals surface area contributed by atoms with Gasteiger partial charge < -0.3 is 4.74 Å². The number of hydrogen-bond donors (Lipinski definition) is 0. The van der Waals surface area contributed by atoms with Crippen molar-refractivity contribution >= 4 is 22.6 Å². The van der Waals surface area contributed by atoms with Gasteiger partial charge in [-0.15, -0.1) is 0 Å². The normalized spacial score (nSPS) is 13.7. The molecule has 1 atom stereocenters. The van der Waals surface area contributed by atoms with Gasteiger partial charge in [-0.25, -0.2) is 0 Å². The van der Waals surface area contributed by atoms with E-state index in [1.54, 1.807) is 0 Å². The van der Waals surface area contributed by atoms with Crippen LogP contribution in [0.5, 0.6) is 0 Å². The lowest BCUT2D eigenvalue weighted by Crippen LogP contribution is -2.14. The summed E-state index contributed by atoms with van der Waals surface area (Å²) in [6.45, 7) is 1.68. The lowest BCUT2D eigenvalue weighted by molar-refractivity contribution is -0.148. The number of halogens is 4. The molecule has 17 heavy (non-hydrogen) atoms. The van der Waals surface area contributed by atoms with E-state index in [-0.39, 0.29) is 12.7 Å². The zero-order valence-corrected chi connectivity index (χ0v) is 11.6. The summed E-state index contributed by atoms with van der Waals surface area (Å²) in [6.07, 6.45) is -5.31. The Balaban J connectivity index is 2.51. The number of ether oxygens (including phenoxy) is 1. The van der Waals surface area contributed by atoms with Gasteiger partial charge in [0.25, 0.3) is 0 Å². The predicted octanol–water partition coefficient (Wildman–Crippen LogP) is 4.44. The Morgan fingerprint density at radius 1 is 1.24 bits per heavy atom. The minimum Gasteiger partial charge on any atom is -0.372 e. The van der Waals surface area contributed by atoms with Crippen molar-refractivity contribution in [1.82, 2.24) is 0 Å². The highest BCUT2D eigenvalue weighted by Crippen LogP contribution is 2.24. The first-order valence-corrected chi connectivity index (χ1v) is 6.76. The van der Waals surface area contributed by atoms with Crippen LogP contribution in [0.1, 0.15) is 23.7 Å². The van der Waals surface area contributed by atoms with Crippen molar-refractivity contribution in [3.63, 3.8) is 0 Å². The van der Waals surface area contributed by atoms with E-state index in [1.165, 1.54) is 0 Å². The van der Waals surface area contributed by atoms with E-state index in [0.717, 1.165) is 11.1 Å². The van der Waals surface area contributed by atoms with Crippen molar-refractivity contribution in [3.05, 3.63) is 35.4 Å². The second kappa shape index (κ2) is 6.58. The Bertz CT molecular complexity index is 335. The molecule has 0 saturated carbocycles. The lowest BCUT2D eigenvalue weighted by atomic mass is 10.1. The molecule has 0 radical (unpaired) electrons.